The lowest BCUT2D eigenvalue weighted by Gasteiger charge is -2.33. The molecule has 1 fully saturated rings. The fraction of sp³-hybridized carbons (Fsp3) is 0.467. The highest BCUT2D eigenvalue weighted by atomic mass is 16.4. The van der Waals surface area contributed by atoms with E-state index in [1.54, 1.807) is 0 Å². The number of aliphatic hydroxyl groups is 1. The van der Waals surface area contributed by atoms with Crippen LogP contribution in [0.1, 0.15) is 19.2 Å². The molecule has 1 N–H and O–H groups in total. The van der Waals surface area contributed by atoms with Gasteiger partial charge in [-0.1, -0.05) is 25.1 Å². The van der Waals surface area contributed by atoms with Crippen LogP contribution in [0.25, 0.3) is 11.5 Å². The van der Waals surface area contributed by atoms with E-state index in [4.69, 9.17) is 4.42 Å². The molecule has 0 bridgehead atoms. The van der Waals surface area contributed by atoms with Crippen LogP contribution in [0.2, 0.25) is 0 Å². The number of benzene rings is 1. The maximum atomic E-state index is 9.74. The van der Waals surface area contributed by atoms with Gasteiger partial charge >= 0.3 is 0 Å². The summed E-state index contributed by atoms with van der Waals surface area (Å²) in [5, 5.41) is 17.9. The first kappa shape index (κ1) is 13.3. The third-order valence-corrected chi connectivity index (χ3v) is 3.79. The number of likely N-dealkylation sites (tertiary alicyclic amines) is 1. The first-order valence-corrected chi connectivity index (χ1v) is 7.00. The molecular weight excluding hydrogens is 254 g/mol. The van der Waals surface area contributed by atoms with Crippen molar-refractivity contribution >= 4 is 0 Å². The van der Waals surface area contributed by atoms with Crippen LogP contribution >= 0.6 is 0 Å². The van der Waals surface area contributed by atoms with Gasteiger partial charge in [0.1, 0.15) is 0 Å². The number of hydrogen-bond acceptors (Lipinski definition) is 5. The molecule has 0 spiro atoms. The quantitative estimate of drug-likeness (QED) is 0.926. The summed E-state index contributed by atoms with van der Waals surface area (Å²) >= 11 is 0. The van der Waals surface area contributed by atoms with Crippen molar-refractivity contribution in [2.75, 3.05) is 13.1 Å². The number of nitrogens with zero attached hydrogens (tertiary/aromatic N) is 3. The lowest BCUT2D eigenvalue weighted by Crippen LogP contribution is -2.41. The number of piperidine rings is 1. The molecule has 0 amide bonds. The molecule has 106 valence electrons. The summed E-state index contributed by atoms with van der Waals surface area (Å²) < 4.78 is 5.71. The molecule has 1 aliphatic rings. The fourth-order valence-electron chi connectivity index (χ4n) is 2.57. The van der Waals surface area contributed by atoms with Crippen LogP contribution in [-0.4, -0.2) is 39.4 Å². The minimum atomic E-state index is -0.186. The molecule has 5 nitrogen and oxygen atoms in total. The highest BCUT2D eigenvalue weighted by Gasteiger charge is 2.25. The maximum Gasteiger partial charge on any atom is 0.247 e. The van der Waals surface area contributed by atoms with Gasteiger partial charge in [0.05, 0.1) is 12.6 Å². The molecule has 20 heavy (non-hydrogen) atoms. The second-order valence-electron chi connectivity index (χ2n) is 5.44. The van der Waals surface area contributed by atoms with E-state index in [1.165, 1.54) is 0 Å². The van der Waals surface area contributed by atoms with Crippen LogP contribution in [0.15, 0.2) is 34.7 Å². The topological polar surface area (TPSA) is 62.4 Å². The fourth-order valence-corrected chi connectivity index (χ4v) is 2.57. The van der Waals surface area contributed by atoms with Gasteiger partial charge in [0.25, 0.3) is 0 Å². The van der Waals surface area contributed by atoms with Gasteiger partial charge in [-0.25, -0.2) is 0 Å². The Morgan fingerprint density at radius 3 is 2.85 bits per heavy atom. The summed E-state index contributed by atoms with van der Waals surface area (Å²) in [5.74, 6) is 1.48. The Bertz CT molecular complexity index is 555. The Morgan fingerprint density at radius 2 is 2.10 bits per heavy atom. The smallest absolute Gasteiger partial charge is 0.247 e. The number of hydrogen-bond donors (Lipinski definition) is 1. The normalized spacial score (nSPS) is 23.9. The van der Waals surface area contributed by atoms with E-state index in [-0.39, 0.29) is 6.10 Å². The predicted octanol–water partition coefficient (Wildman–Crippen LogP) is 1.94. The molecule has 0 saturated carbocycles. The number of aromatic nitrogens is 2. The zero-order valence-corrected chi connectivity index (χ0v) is 11.6. The van der Waals surface area contributed by atoms with Crippen LogP contribution in [0.4, 0.5) is 0 Å². The van der Waals surface area contributed by atoms with Gasteiger partial charge in [0.15, 0.2) is 0 Å². The summed E-state index contributed by atoms with van der Waals surface area (Å²) in [6.07, 6.45) is 0.620. The van der Waals surface area contributed by atoms with Crippen molar-refractivity contribution in [3.8, 4) is 11.5 Å². The summed E-state index contributed by atoms with van der Waals surface area (Å²) in [4.78, 5) is 2.25. The summed E-state index contributed by atoms with van der Waals surface area (Å²) in [7, 11) is 0. The maximum absolute atomic E-state index is 9.74. The molecule has 5 heteroatoms. The van der Waals surface area contributed by atoms with Gasteiger partial charge in [-0.05, 0) is 24.5 Å². The molecule has 0 aliphatic carbocycles. The first-order valence-electron chi connectivity index (χ1n) is 7.00. The van der Waals surface area contributed by atoms with Gasteiger partial charge in [0.2, 0.25) is 11.8 Å². The molecule has 2 aromatic rings. The van der Waals surface area contributed by atoms with Crippen LogP contribution in [0, 0.1) is 5.92 Å². The average molecular weight is 273 g/mol. The number of aliphatic hydroxyl groups excluding tert-OH is 1. The highest BCUT2D eigenvalue weighted by Crippen LogP contribution is 2.20. The van der Waals surface area contributed by atoms with Crippen molar-refractivity contribution in [2.45, 2.75) is 26.0 Å². The minimum absolute atomic E-state index is 0.186. The van der Waals surface area contributed by atoms with E-state index in [2.05, 4.69) is 22.0 Å². The van der Waals surface area contributed by atoms with E-state index in [0.29, 0.717) is 24.2 Å². The zero-order chi connectivity index (χ0) is 13.9. The first-order chi connectivity index (χ1) is 9.72. The lowest BCUT2D eigenvalue weighted by atomic mass is 9.97. The van der Waals surface area contributed by atoms with Gasteiger partial charge in [-0.2, -0.15) is 0 Å². The van der Waals surface area contributed by atoms with E-state index < -0.39 is 0 Å². The van der Waals surface area contributed by atoms with Gasteiger partial charge < -0.3 is 9.52 Å². The van der Waals surface area contributed by atoms with Crippen LogP contribution < -0.4 is 0 Å². The molecule has 2 atom stereocenters. The molecule has 1 saturated heterocycles. The summed E-state index contributed by atoms with van der Waals surface area (Å²) in [6.45, 7) is 4.45. The summed E-state index contributed by atoms with van der Waals surface area (Å²) in [5.41, 5.74) is 0.939. The molecule has 2 unspecified atom stereocenters. The van der Waals surface area contributed by atoms with Crippen molar-refractivity contribution < 1.29 is 9.52 Å². The Balaban J connectivity index is 1.66. The van der Waals surface area contributed by atoms with Crippen molar-refractivity contribution in [1.82, 2.24) is 15.1 Å². The van der Waals surface area contributed by atoms with Crippen molar-refractivity contribution in [3.05, 3.63) is 36.2 Å². The average Bonchev–Trinajstić information content (AvgIpc) is 2.92. The third-order valence-electron chi connectivity index (χ3n) is 3.79. The van der Waals surface area contributed by atoms with Crippen LogP contribution in [0.5, 0.6) is 0 Å². The van der Waals surface area contributed by atoms with Crippen molar-refractivity contribution in [1.29, 1.82) is 0 Å². The van der Waals surface area contributed by atoms with E-state index in [1.807, 2.05) is 30.3 Å². The molecule has 2 heterocycles. The standard InChI is InChI=1S/C15H19N3O2/c1-11-9-18(8-7-13(11)19)10-14-16-17-15(20-14)12-5-3-2-4-6-12/h2-6,11,13,19H,7-10H2,1H3. The molecule has 1 aliphatic heterocycles. The Hall–Kier alpha value is -1.72. The molecule has 0 radical (unpaired) electrons. The second-order valence-corrected chi connectivity index (χ2v) is 5.44. The SMILES string of the molecule is CC1CN(Cc2nnc(-c3ccccc3)o2)CCC1O. The predicted molar refractivity (Wildman–Crippen MR) is 74.8 cm³/mol. The monoisotopic (exact) mass is 273 g/mol. The molecule has 1 aromatic carbocycles. The summed E-state index contributed by atoms with van der Waals surface area (Å²) in [6, 6.07) is 9.77. The number of rotatable bonds is 3. The Labute approximate surface area is 118 Å². The third kappa shape index (κ3) is 2.89. The zero-order valence-electron chi connectivity index (χ0n) is 11.6. The Kier molecular flexibility index (Phi) is 3.80. The van der Waals surface area contributed by atoms with Gasteiger partial charge in [0, 0.05) is 18.7 Å². The van der Waals surface area contributed by atoms with Crippen molar-refractivity contribution in [2.24, 2.45) is 5.92 Å². The van der Waals surface area contributed by atoms with Gasteiger partial charge in [-0.3, -0.25) is 4.90 Å². The highest BCUT2D eigenvalue weighted by molar-refractivity contribution is 5.51. The largest absolute Gasteiger partial charge is 0.419 e. The Morgan fingerprint density at radius 1 is 1.30 bits per heavy atom. The minimum Gasteiger partial charge on any atom is -0.419 e. The van der Waals surface area contributed by atoms with E-state index in [9.17, 15) is 5.11 Å². The van der Waals surface area contributed by atoms with Crippen molar-refractivity contribution in [3.63, 3.8) is 0 Å². The van der Waals surface area contributed by atoms with E-state index in [0.717, 1.165) is 25.1 Å². The second kappa shape index (κ2) is 5.73. The molecular formula is C15H19N3O2. The van der Waals surface area contributed by atoms with E-state index >= 15 is 0 Å². The van der Waals surface area contributed by atoms with Crippen LogP contribution in [-0.2, 0) is 6.54 Å². The van der Waals surface area contributed by atoms with Crippen LogP contribution in [0.3, 0.4) is 0 Å². The van der Waals surface area contributed by atoms with Gasteiger partial charge in [-0.15, -0.1) is 10.2 Å². The lowest BCUT2D eigenvalue weighted by molar-refractivity contribution is 0.0290. The molecule has 1 aromatic heterocycles. The molecule has 3 rings (SSSR count).